The van der Waals surface area contributed by atoms with Crippen LogP contribution in [-0.2, 0) is 16.1 Å². The van der Waals surface area contributed by atoms with Crippen LogP contribution in [-0.4, -0.2) is 35.8 Å². The van der Waals surface area contributed by atoms with Crippen LogP contribution < -0.4 is 10.6 Å². The Kier molecular flexibility index (Phi) is 6.16. The summed E-state index contributed by atoms with van der Waals surface area (Å²) in [4.78, 5) is 26.0. The Morgan fingerprint density at radius 2 is 1.74 bits per heavy atom. The van der Waals surface area contributed by atoms with Crippen molar-refractivity contribution in [2.45, 2.75) is 46.2 Å². The molecule has 1 heterocycles. The van der Waals surface area contributed by atoms with Crippen molar-refractivity contribution in [2.75, 3.05) is 18.4 Å². The zero-order valence-electron chi connectivity index (χ0n) is 14.3. The third-order valence-corrected chi connectivity index (χ3v) is 4.13. The van der Waals surface area contributed by atoms with Crippen molar-refractivity contribution in [1.82, 2.24) is 10.2 Å². The molecule has 5 heteroatoms. The van der Waals surface area contributed by atoms with E-state index in [2.05, 4.69) is 27.7 Å². The largest absolute Gasteiger partial charge is 0.344 e. The second-order valence-corrected chi connectivity index (χ2v) is 6.59. The summed E-state index contributed by atoms with van der Waals surface area (Å²) in [6.07, 6.45) is 2.57. The van der Waals surface area contributed by atoms with Crippen LogP contribution in [0, 0.1) is 5.92 Å². The quantitative estimate of drug-likeness (QED) is 0.847. The van der Waals surface area contributed by atoms with Gasteiger partial charge in [0.05, 0.1) is 0 Å². The van der Waals surface area contributed by atoms with Crippen molar-refractivity contribution in [3.63, 3.8) is 0 Å². The summed E-state index contributed by atoms with van der Waals surface area (Å²) in [6.45, 7) is 8.57. The van der Waals surface area contributed by atoms with Crippen molar-refractivity contribution in [1.29, 1.82) is 0 Å². The van der Waals surface area contributed by atoms with E-state index in [1.54, 1.807) is 0 Å². The fraction of sp³-hybridized carbons (Fsp3) is 0.556. The number of likely N-dealkylation sites (tertiary alicyclic amines) is 1. The summed E-state index contributed by atoms with van der Waals surface area (Å²) in [6, 6.07) is 7.44. The zero-order valence-corrected chi connectivity index (χ0v) is 14.3. The van der Waals surface area contributed by atoms with Gasteiger partial charge in [0.25, 0.3) is 0 Å². The van der Waals surface area contributed by atoms with Crippen LogP contribution in [0.4, 0.5) is 5.69 Å². The molecular weight excluding hydrogens is 290 g/mol. The number of hydrogen-bond acceptors (Lipinski definition) is 3. The highest BCUT2D eigenvalue weighted by Crippen LogP contribution is 2.16. The van der Waals surface area contributed by atoms with Gasteiger partial charge < -0.3 is 10.6 Å². The minimum atomic E-state index is -0.517. The molecule has 1 aromatic carbocycles. The maximum absolute atomic E-state index is 12.3. The van der Waals surface area contributed by atoms with Gasteiger partial charge in [-0.1, -0.05) is 26.0 Å². The van der Waals surface area contributed by atoms with E-state index in [9.17, 15) is 9.59 Å². The van der Waals surface area contributed by atoms with Crippen LogP contribution in [0.2, 0.25) is 0 Å². The SMILES string of the molecule is CC(=O)N[C@H](C(=O)Nc1ccc(CN2CCCC2)cc1)C(C)C. The lowest BCUT2D eigenvalue weighted by Gasteiger charge is -2.21. The van der Waals surface area contributed by atoms with E-state index in [1.165, 1.54) is 38.4 Å². The van der Waals surface area contributed by atoms with Crippen LogP contribution in [0.25, 0.3) is 0 Å². The number of rotatable bonds is 6. The molecule has 1 aliphatic heterocycles. The van der Waals surface area contributed by atoms with Crippen molar-refractivity contribution >= 4 is 17.5 Å². The van der Waals surface area contributed by atoms with E-state index in [1.807, 2.05) is 26.0 Å². The predicted molar refractivity (Wildman–Crippen MR) is 92.0 cm³/mol. The number of hydrogen-bond donors (Lipinski definition) is 2. The average molecular weight is 317 g/mol. The molecule has 2 N–H and O–H groups in total. The molecule has 0 aromatic heterocycles. The Balaban J connectivity index is 1.93. The van der Waals surface area contributed by atoms with Crippen LogP contribution in [0.5, 0.6) is 0 Å². The monoisotopic (exact) mass is 317 g/mol. The van der Waals surface area contributed by atoms with E-state index in [0.29, 0.717) is 0 Å². The summed E-state index contributed by atoms with van der Waals surface area (Å²) in [7, 11) is 0. The van der Waals surface area contributed by atoms with E-state index in [-0.39, 0.29) is 17.7 Å². The third kappa shape index (κ3) is 5.36. The lowest BCUT2D eigenvalue weighted by Crippen LogP contribution is -2.46. The minimum Gasteiger partial charge on any atom is -0.344 e. The second kappa shape index (κ2) is 8.11. The topological polar surface area (TPSA) is 61.4 Å². The Morgan fingerprint density at radius 1 is 1.13 bits per heavy atom. The zero-order chi connectivity index (χ0) is 16.8. The Labute approximate surface area is 138 Å². The highest BCUT2D eigenvalue weighted by Gasteiger charge is 2.23. The van der Waals surface area contributed by atoms with Gasteiger partial charge in [-0.25, -0.2) is 0 Å². The number of amides is 2. The molecule has 1 atom stereocenters. The van der Waals surface area contributed by atoms with Crippen molar-refractivity contribution in [3.05, 3.63) is 29.8 Å². The summed E-state index contributed by atoms with van der Waals surface area (Å²) in [5, 5.41) is 5.58. The fourth-order valence-electron chi connectivity index (χ4n) is 2.87. The smallest absolute Gasteiger partial charge is 0.247 e. The summed E-state index contributed by atoms with van der Waals surface area (Å²) >= 11 is 0. The fourth-order valence-corrected chi connectivity index (χ4v) is 2.87. The standard InChI is InChI=1S/C18H27N3O2/c1-13(2)17(19-14(3)22)18(23)20-16-8-6-15(7-9-16)12-21-10-4-5-11-21/h6-9,13,17H,4-5,10-12H2,1-3H3,(H,19,22)(H,20,23)/t17-/m0/s1. The van der Waals surface area contributed by atoms with Crippen LogP contribution >= 0.6 is 0 Å². The Morgan fingerprint density at radius 3 is 2.26 bits per heavy atom. The number of anilines is 1. The first kappa shape index (κ1) is 17.5. The Hall–Kier alpha value is -1.88. The number of nitrogens with zero attached hydrogens (tertiary/aromatic N) is 1. The van der Waals surface area contributed by atoms with E-state index in [4.69, 9.17) is 0 Å². The van der Waals surface area contributed by atoms with Crippen LogP contribution in [0.15, 0.2) is 24.3 Å². The van der Waals surface area contributed by atoms with Gasteiger partial charge >= 0.3 is 0 Å². The van der Waals surface area contributed by atoms with Crippen LogP contribution in [0.3, 0.4) is 0 Å². The molecule has 0 saturated carbocycles. The van der Waals surface area contributed by atoms with Gasteiger partial charge in [-0.2, -0.15) is 0 Å². The maximum atomic E-state index is 12.3. The second-order valence-electron chi connectivity index (χ2n) is 6.59. The normalized spacial score (nSPS) is 16.3. The first-order valence-electron chi connectivity index (χ1n) is 8.35. The first-order chi connectivity index (χ1) is 11.0. The van der Waals surface area contributed by atoms with Crippen molar-refractivity contribution < 1.29 is 9.59 Å². The van der Waals surface area contributed by atoms with E-state index >= 15 is 0 Å². The Bertz CT molecular complexity index is 534. The maximum Gasteiger partial charge on any atom is 0.247 e. The van der Waals surface area contributed by atoms with Gasteiger partial charge in [0.2, 0.25) is 11.8 Å². The number of carbonyl (C=O) groups excluding carboxylic acids is 2. The molecule has 2 amide bonds. The van der Waals surface area contributed by atoms with Gasteiger partial charge in [0.1, 0.15) is 6.04 Å². The van der Waals surface area contributed by atoms with E-state index in [0.717, 1.165) is 12.2 Å². The molecule has 1 saturated heterocycles. The molecule has 5 nitrogen and oxygen atoms in total. The highest BCUT2D eigenvalue weighted by atomic mass is 16.2. The van der Waals surface area contributed by atoms with Gasteiger partial charge in [0.15, 0.2) is 0 Å². The lowest BCUT2D eigenvalue weighted by atomic mass is 10.0. The average Bonchev–Trinajstić information content (AvgIpc) is 2.99. The molecule has 23 heavy (non-hydrogen) atoms. The van der Waals surface area contributed by atoms with E-state index < -0.39 is 6.04 Å². The molecule has 0 unspecified atom stereocenters. The predicted octanol–water partition coefficient (Wildman–Crippen LogP) is 2.38. The molecule has 1 aliphatic rings. The number of benzene rings is 1. The number of nitrogens with one attached hydrogen (secondary N) is 2. The van der Waals surface area contributed by atoms with Crippen molar-refractivity contribution in [2.24, 2.45) is 5.92 Å². The molecule has 0 spiro atoms. The third-order valence-electron chi connectivity index (χ3n) is 4.13. The lowest BCUT2D eigenvalue weighted by molar-refractivity contribution is -0.126. The van der Waals surface area contributed by atoms with Crippen LogP contribution in [0.1, 0.15) is 39.2 Å². The molecule has 0 radical (unpaired) electrons. The minimum absolute atomic E-state index is 0.0355. The molecule has 126 valence electrons. The molecule has 2 rings (SSSR count). The molecular formula is C18H27N3O2. The van der Waals surface area contributed by atoms with Gasteiger partial charge in [-0.05, 0) is 49.5 Å². The summed E-state index contributed by atoms with van der Waals surface area (Å²) < 4.78 is 0. The molecule has 1 aromatic rings. The van der Waals surface area contributed by atoms with Gasteiger partial charge in [0, 0.05) is 19.2 Å². The molecule has 0 bridgehead atoms. The summed E-state index contributed by atoms with van der Waals surface area (Å²) in [5.74, 6) is -0.337. The van der Waals surface area contributed by atoms with Gasteiger partial charge in [-0.15, -0.1) is 0 Å². The first-order valence-corrected chi connectivity index (χ1v) is 8.35. The molecule has 1 fully saturated rings. The van der Waals surface area contributed by atoms with Crippen molar-refractivity contribution in [3.8, 4) is 0 Å². The highest BCUT2D eigenvalue weighted by molar-refractivity contribution is 5.97. The molecule has 0 aliphatic carbocycles. The number of carbonyl (C=O) groups is 2. The summed E-state index contributed by atoms with van der Waals surface area (Å²) in [5.41, 5.74) is 2.02. The van der Waals surface area contributed by atoms with Gasteiger partial charge in [-0.3, -0.25) is 14.5 Å².